The molecule has 0 unspecified atom stereocenters. The third-order valence-corrected chi connectivity index (χ3v) is 8.17. The third-order valence-electron chi connectivity index (χ3n) is 5.51. The van der Waals surface area contributed by atoms with E-state index in [9.17, 15) is 13.5 Å². The minimum Gasteiger partial charge on any atom is -0.393 e. The van der Waals surface area contributed by atoms with Crippen LogP contribution in [0.1, 0.15) is 51.9 Å². The Kier molecular flexibility index (Phi) is 3.43. The molecule has 2 atom stereocenters. The summed E-state index contributed by atoms with van der Waals surface area (Å²) < 4.78 is 26.3. The zero-order valence-corrected chi connectivity index (χ0v) is 12.5. The second-order valence-corrected chi connectivity index (χ2v) is 9.33. The lowest BCUT2D eigenvalue weighted by Crippen LogP contribution is -2.50. The van der Waals surface area contributed by atoms with Gasteiger partial charge in [0.1, 0.15) is 0 Å². The Hall–Kier alpha value is -0.130. The molecule has 3 rings (SSSR count). The number of hydrogen-bond donors (Lipinski definition) is 1. The fourth-order valence-electron chi connectivity index (χ4n) is 3.75. The molecule has 1 heterocycles. The highest BCUT2D eigenvalue weighted by Crippen LogP contribution is 2.46. The molecule has 0 aromatic carbocycles. The van der Waals surface area contributed by atoms with Crippen molar-refractivity contribution in [3.8, 4) is 0 Å². The topological polar surface area (TPSA) is 57.6 Å². The van der Waals surface area contributed by atoms with Gasteiger partial charge < -0.3 is 5.11 Å². The molecular formula is C14H25NO3S. The van der Waals surface area contributed by atoms with E-state index in [4.69, 9.17) is 0 Å². The SMILES string of the molecule is CC1(S(=O)(=O)N2CC[C@@H](O)[C@H](C3CCCC3)C2)CC1. The van der Waals surface area contributed by atoms with Crippen LogP contribution >= 0.6 is 0 Å². The van der Waals surface area contributed by atoms with Gasteiger partial charge in [-0.05, 0) is 32.1 Å². The number of aliphatic hydroxyl groups is 1. The van der Waals surface area contributed by atoms with E-state index in [2.05, 4.69) is 0 Å². The first-order valence-electron chi connectivity index (χ1n) is 7.62. The lowest BCUT2D eigenvalue weighted by molar-refractivity contribution is 0.0239. The lowest BCUT2D eigenvalue weighted by Gasteiger charge is -2.39. The van der Waals surface area contributed by atoms with Gasteiger partial charge in [-0.15, -0.1) is 0 Å². The maximum atomic E-state index is 12.6. The molecule has 5 heteroatoms. The summed E-state index contributed by atoms with van der Waals surface area (Å²) in [4.78, 5) is 0. The molecule has 0 aromatic rings. The first-order chi connectivity index (χ1) is 8.94. The number of aliphatic hydroxyl groups excluding tert-OH is 1. The molecule has 0 bridgehead atoms. The van der Waals surface area contributed by atoms with Crippen molar-refractivity contribution in [2.75, 3.05) is 13.1 Å². The van der Waals surface area contributed by atoms with Crippen LogP contribution < -0.4 is 0 Å². The van der Waals surface area contributed by atoms with Crippen molar-refractivity contribution in [2.24, 2.45) is 11.8 Å². The average molecular weight is 287 g/mol. The maximum Gasteiger partial charge on any atom is 0.219 e. The quantitative estimate of drug-likeness (QED) is 0.860. The van der Waals surface area contributed by atoms with E-state index < -0.39 is 14.8 Å². The summed E-state index contributed by atoms with van der Waals surface area (Å²) in [5.74, 6) is 0.688. The van der Waals surface area contributed by atoms with Crippen LogP contribution in [0.5, 0.6) is 0 Å². The summed E-state index contributed by atoms with van der Waals surface area (Å²) in [6.45, 7) is 2.91. The van der Waals surface area contributed by atoms with Crippen molar-refractivity contribution in [3.05, 3.63) is 0 Å². The highest BCUT2D eigenvalue weighted by molar-refractivity contribution is 7.90. The molecule has 3 aliphatic rings. The molecule has 2 aliphatic carbocycles. The van der Waals surface area contributed by atoms with Gasteiger partial charge in [-0.2, -0.15) is 0 Å². The normalized spacial score (nSPS) is 36.5. The highest BCUT2D eigenvalue weighted by Gasteiger charge is 2.54. The van der Waals surface area contributed by atoms with Crippen LogP contribution in [0.3, 0.4) is 0 Å². The Morgan fingerprint density at radius 2 is 1.79 bits per heavy atom. The Balaban J connectivity index is 1.74. The van der Waals surface area contributed by atoms with Crippen molar-refractivity contribution in [1.29, 1.82) is 0 Å². The minimum absolute atomic E-state index is 0.161. The molecule has 1 aliphatic heterocycles. The van der Waals surface area contributed by atoms with Crippen LogP contribution in [0.15, 0.2) is 0 Å². The maximum absolute atomic E-state index is 12.6. The molecule has 4 nitrogen and oxygen atoms in total. The number of sulfonamides is 1. The van der Waals surface area contributed by atoms with Gasteiger partial charge in [0.2, 0.25) is 10.0 Å². The van der Waals surface area contributed by atoms with E-state index >= 15 is 0 Å². The van der Waals surface area contributed by atoms with Crippen molar-refractivity contribution >= 4 is 10.0 Å². The van der Waals surface area contributed by atoms with Crippen LogP contribution in [0.25, 0.3) is 0 Å². The second-order valence-electron chi connectivity index (χ2n) is 6.88. The van der Waals surface area contributed by atoms with E-state index in [0.29, 0.717) is 25.4 Å². The highest BCUT2D eigenvalue weighted by atomic mass is 32.2. The number of piperidine rings is 1. The molecular weight excluding hydrogens is 262 g/mol. The Morgan fingerprint density at radius 1 is 1.16 bits per heavy atom. The zero-order chi connectivity index (χ0) is 13.7. The monoisotopic (exact) mass is 287 g/mol. The van der Waals surface area contributed by atoms with Crippen LogP contribution in [0, 0.1) is 11.8 Å². The second kappa shape index (κ2) is 4.71. The molecule has 3 fully saturated rings. The van der Waals surface area contributed by atoms with Gasteiger partial charge in [0.25, 0.3) is 0 Å². The van der Waals surface area contributed by atoms with Gasteiger partial charge in [0, 0.05) is 19.0 Å². The molecule has 110 valence electrons. The number of hydrogen-bond acceptors (Lipinski definition) is 3. The van der Waals surface area contributed by atoms with Gasteiger partial charge in [0.15, 0.2) is 0 Å². The third kappa shape index (κ3) is 2.34. The van der Waals surface area contributed by atoms with Gasteiger partial charge >= 0.3 is 0 Å². The predicted octanol–water partition coefficient (Wildman–Crippen LogP) is 1.74. The van der Waals surface area contributed by atoms with Crippen molar-refractivity contribution < 1.29 is 13.5 Å². The lowest BCUT2D eigenvalue weighted by atomic mass is 9.83. The fraction of sp³-hybridized carbons (Fsp3) is 1.00. The average Bonchev–Trinajstić information content (AvgIpc) is 2.93. The summed E-state index contributed by atoms with van der Waals surface area (Å²) in [6, 6.07) is 0. The molecule has 0 aromatic heterocycles. The van der Waals surface area contributed by atoms with Crippen molar-refractivity contribution in [2.45, 2.75) is 62.7 Å². The standard InChI is InChI=1S/C14H25NO3S/c1-14(7-8-14)19(17,18)15-9-6-13(16)12(10-15)11-4-2-3-5-11/h11-13,16H,2-10H2,1H3/t12-,13+/m0/s1. The summed E-state index contributed by atoms with van der Waals surface area (Å²) in [5.41, 5.74) is 0. The van der Waals surface area contributed by atoms with E-state index in [1.165, 1.54) is 12.8 Å². The van der Waals surface area contributed by atoms with Gasteiger partial charge in [-0.1, -0.05) is 25.7 Å². The molecule has 19 heavy (non-hydrogen) atoms. The van der Waals surface area contributed by atoms with Crippen LogP contribution in [0.4, 0.5) is 0 Å². The largest absolute Gasteiger partial charge is 0.393 e. The fourth-order valence-corrected chi connectivity index (χ4v) is 5.71. The summed E-state index contributed by atoms with van der Waals surface area (Å²) >= 11 is 0. The van der Waals surface area contributed by atoms with Crippen LogP contribution in [-0.4, -0.2) is 41.8 Å². The molecule has 1 saturated heterocycles. The van der Waals surface area contributed by atoms with E-state index in [1.807, 2.05) is 6.92 Å². The summed E-state index contributed by atoms with van der Waals surface area (Å²) in [5, 5.41) is 10.2. The zero-order valence-electron chi connectivity index (χ0n) is 11.7. The smallest absolute Gasteiger partial charge is 0.219 e. The molecule has 0 radical (unpaired) electrons. The Morgan fingerprint density at radius 3 is 2.37 bits per heavy atom. The van der Waals surface area contributed by atoms with Gasteiger partial charge in [-0.25, -0.2) is 12.7 Å². The Bertz CT molecular complexity index is 438. The number of nitrogens with zero attached hydrogens (tertiary/aromatic N) is 1. The summed E-state index contributed by atoms with van der Waals surface area (Å²) in [7, 11) is -3.15. The van der Waals surface area contributed by atoms with Crippen LogP contribution in [0.2, 0.25) is 0 Å². The minimum atomic E-state index is -3.15. The van der Waals surface area contributed by atoms with E-state index in [-0.39, 0.29) is 12.0 Å². The predicted molar refractivity (Wildman–Crippen MR) is 74.2 cm³/mol. The molecule has 0 amide bonds. The van der Waals surface area contributed by atoms with E-state index in [1.54, 1.807) is 4.31 Å². The first kappa shape index (κ1) is 13.8. The van der Waals surface area contributed by atoms with E-state index in [0.717, 1.165) is 25.7 Å². The Labute approximate surface area is 116 Å². The molecule has 1 N–H and O–H groups in total. The molecule has 0 spiro atoms. The molecule has 2 saturated carbocycles. The van der Waals surface area contributed by atoms with Crippen LogP contribution in [-0.2, 0) is 10.0 Å². The first-order valence-corrected chi connectivity index (χ1v) is 9.06. The van der Waals surface area contributed by atoms with Crippen molar-refractivity contribution in [3.63, 3.8) is 0 Å². The van der Waals surface area contributed by atoms with Gasteiger partial charge in [-0.3, -0.25) is 0 Å². The van der Waals surface area contributed by atoms with Crippen molar-refractivity contribution in [1.82, 2.24) is 4.31 Å². The van der Waals surface area contributed by atoms with Gasteiger partial charge in [0.05, 0.1) is 10.9 Å². The summed E-state index contributed by atoms with van der Waals surface area (Å²) in [6.07, 6.45) is 6.68. The number of rotatable bonds is 3.